The van der Waals surface area contributed by atoms with Crippen molar-refractivity contribution in [2.75, 3.05) is 13.7 Å². The number of hydrogen-bond donors (Lipinski definition) is 0. The van der Waals surface area contributed by atoms with Gasteiger partial charge in [-0.15, -0.1) is 0 Å². The van der Waals surface area contributed by atoms with Crippen LogP contribution >= 0.6 is 0 Å². The average Bonchev–Trinajstić information content (AvgIpc) is 2.97. The fraction of sp³-hybridized carbons (Fsp3) is 0.150. The van der Waals surface area contributed by atoms with Gasteiger partial charge in [-0.2, -0.15) is 0 Å². The molecule has 4 heteroatoms. The number of cyclic esters (lactones) is 1. The Balaban J connectivity index is 1.85. The highest BCUT2D eigenvalue weighted by Gasteiger charge is 2.22. The van der Waals surface area contributed by atoms with E-state index in [9.17, 15) is 4.79 Å². The van der Waals surface area contributed by atoms with Gasteiger partial charge >= 0.3 is 5.97 Å². The van der Waals surface area contributed by atoms with Gasteiger partial charge in [0.15, 0.2) is 0 Å². The van der Waals surface area contributed by atoms with E-state index in [0.717, 1.165) is 22.6 Å². The van der Waals surface area contributed by atoms with Crippen LogP contribution in [0.2, 0.25) is 0 Å². The molecule has 0 amide bonds. The van der Waals surface area contributed by atoms with E-state index in [2.05, 4.69) is 0 Å². The summed E-state index contributed by atoms with van der Waals surface area (Å²) in [5, 5.41) is 0. The van der Waals surface area contributed by atoms with Crippen molar-refractivity contribution in [2.24, 2.45) is 0 Å². The first-order valence-corrected chi connectivity index (χ1v) is 7.72. The summed E-state index contributed by atoms with van der Waals surface area (Å²) in [7, 11) is 1.61. The second-order valence-electron chi connectivity index (χ2n) is 5.23. The number of hydrogen-bond acceptors (Lipinski definition) is 4. The Morgan fingerprint density at radius 2 is 1.88 bits per heavy atom. The predicted molar refractivity (Wildman–Crippen MR) is 92.7 cm³/mol. The Bertz CT molecular complexity index is 801. The number of carbonyl (C=O) groups is 1. The zero-order valence-corrected chi connectivity index (χ0v) is 13.6. The molecule has 1 aliphatic heterocycles. The van der Waals surface area contributed by atoms with E-state index < -0.39 is 0 Å². The maximum Gasteiger partial charge on any atom is 0.343 e. The fourth-order valence-corrected chi connectivity index (χ4v) is 2.42. The van der Waals surface area contributed by atoms with E-state index in [1.807, 2.05) is 55.5 Å². The quantitative estimate of drug-likeness (QED) is 0.615. The van der Waals surface area contributed by atoms with Gasteiger partial charge in [0.25, 0.3) is 0 Å². The summed E-state index contributed by atoms with van der Waals surface area (Å²) in [6.07, 6.45) is 3.53. The SMILES string of the molecule is CCOc1ccc(C2=CC(=Cc3cccc(OC)c3)C(=O)O2)cc1. The molecule has 0 aliphatic carbocycles. The van der Waals surface area contributed by atoms with Crippen LogP contribution in [0.3, 0.4) is 0 Å². The molecule has 1 aliphatic rings. The number of methoxy groups -OCH3 is 1. The van der Waals surface area contributed by atoms with Crippen LogP contribution in [0, 0.1) is 0 Å². The van der Waals surface area contributed by atoms with Crippen molar-refractivity contribution in [1.29, 1.82) is 0 Å². The number of benzene rings is 2. The van der Waals surface area contributed by atoms with Gasteiger partial charge in [-0.3, -0.25) is 0 Å². The van der Waals surface area contributed by atoms with E-state index in [0.29, 0.717) is 17.9 Å². The molecule has 3 rings (SSSR count). The molecule has 0 saturated heterocycles. The predicted octanol–water partition coefficient (Wildman–Crippen LogP) is 4.08. The molecular weight excluding hydrogens is 304 g/mol. The van der Waals surface area contributed by atoms with Gasteiger partial charge < -0.3 is 14.2 Å². The lowest BCUT2D eigenvalue weighted by Gasteiger charge is -2.05. The number of rotatable bonds is 5. The highest BCUT2D eigenvalue weighted by molar-refractivity contribution is 6.05. The van der Waals surface area contributed by atoms with Gasteiger partial charge in [0, 0.05) is 5.56 Å². The molecule has 122 valence electrons. The lowest BCUT2D eigenvalue weighted by Crippen LogP contribution is -1.97. The average molecular weight is 322 g/mol. The van der Waals surface area contributed by atoms with Crippen molar-refractivity contribution in [3.63, 3.8) is 0 Å². The molecule has 0 radical (unpaired) electrons. The first-order chi connectivity index (χ1) is 11.7. The summed E-state index contributed by atoms with van der Waals surface area (Å²) < 4.78 is 16.0. The highest BCUT2D eigenvalue weighted by atomic mass is 16.5. The summed E-state index contributed by atoms with van der Waals surface area (Å²) in [6, 6.07) is 15.0. The van der Waals surface area contributed by atoms with Crippen LogP contribution in [0.5, 0.6) is 11.5 Å². The van der Waals surface area contributed by atoms with Crippen LogP contribution in [0.4, 0.5) is 0 Å². The van der Waals surface area contributed by atoms with Gasteiger partial charge in [-0.1, -0.05) is 12.1 Å². The molecule has 4 nitrogen and oxygen atoms in total. The first-order valence-electron chi connectivity index (χ1n) is 7.72. The fourth-order valence-electron chi connectivity index (χ4n) is 2.42. The van der Waals surface area contributed by atoms with Crippen molar-refractivity contribution in [1.82, 2.24) is 0 Å². The van der Waals surface area contributed by atoms with E-state index in [1.54, 1.807) is 19.3 Å². The minimum Gasteiger partial charge on any atom is -0.497 e. The molecule has 1 heterocycles. The van der Waals surface area contributed by atoms with Crippen molar-refractivity contribution in [3.05, 3.63) is 71.3 Å². The molecule has 0 N–H and O–H groups in total. The summed E-state index contributed by atoms with van der Waals surface area (Å²) in [5.41, 5.74) is 2.22. The van der Waals surface area contributed by atoms with Gasteiger partial charge in [0.1, 0.15) is 17.3 Å². The lowest BCUT2D eigenvalue weighted by molar-refractivity contribution is -0.130. The summed E-state index contributed by atoms with van der Waals surface area (Å²) in [4.78, 5) is 12.1. The van der Waals surface area contributed by atoms with Gasteiger partial charge in [0.2, 0.25) is 0 Å². The van der Waals surface area contributed by atoms with Gasteiger partial charge in [-0.25, -0.2) is 4.79 Å². The Hall–Kier alpha value is -3.01. The molecule has 0 fully saturated rings. The largest absolute Gasteiger partial charge is 0.497 e. The molecule has 0 unspecified atom stereocenters. The second kappa shape index (κ2) is 7.04. The van der Waals surface area contributed by atoms with Crippen LogP contribution < -0.4 is 9.47 Å². The molecular formula is C20H18O4. The zero-order chi connectivity index (χ0) is 16.9. The lowest BCUT2D eigenvalue weighted by atomic mass is 10.1. The van der Waals surface area contributed by atoms with Gasteiger partial charge in [-0.05, 0) is 61.0 Å². The van der Waals surface area contributed by atoms with E-state index in [-0.39, 0.29) is 5.97 Å². The molecule has 24 heavy (non-hydrogen) atoms. The Labute approximate surface area is 141 Å². The Morgan fingerprint density at radius 3 is 2.58 bits per heavy atom. The van der Waals surface area contributed by atoms with Crippen LogP contribution in [-0.2, 0) is 9.53 Å². The topological polar surface area (TPSA) is 44.8 Å². The molecule has 0 spiro atoms. The zero-order valence-electron chi connectivity index (χ0n) is 13.6. The molecule has 0 aromatic heterocycles. The minimum atomic E-state index is -0.360. The van der Waals surface area contributed by atoms with Crippen molar-refractivity contribution in [3.8, 4) is 11.5 Å². The number of ether oxygens (including phenoxy) is 3. The van der Waals surface area contributed by atoms with E-state index >= 15 is 0 Å². The third-order valence-electron chi connectivity index (χ3n) is 3.59. The van der Waals surface area contributed by atoms with Crippen molar-refractivity contribution < 1.29 is 19.0 Å². The summed E-state index contributed by atoms with van der Waals surface area (Å²) in [6.45, 7) is 2.55. The maximum absolute atomic E-state index is 12.1. The normalized spacial score (nSPS) is 15.2. The molecule has 0 bridgehead atoms. The summed E-state index contributed by atoms with van der Waals surface area (Å²) >= 11 is 0. The second-order valence-corrected chi connectivity index (χ2v) is 5.23. The van der Waals surface area contributed by atoms with E-state index in [4.69, 9.17) is 14.2 Å². The number of esters is 1. The minimum absolute atomic E-state index is 0.360. The molecule has 2 aromatic rings. The highest BCUT2D eigenvalue weighted by Crippen LogP contribution is 2.29. The van der Waals surface area contributed by atoms with Crippen LogP contribution in [0.25, 0.3) is 11.8 Å². The smallest absolute Gasteiger partial charge is 0.343 e. The Kier molecular flexibility index (Phi) is 4.66. The van der Waals surface area contributed by atoms with Crippen LogP contribution in [0.1, 0.15) is 18.1 Å². The van der Waals surface area contributed by atoms with E-state index in [1.165, 1.54) is 0 Å². The third kappa shape index (κ3) is 3.49. The Morgan fingerprint density at radius 1 is 1.08 bits per heavy atom. The van der Waals surface area contributed by atoms with Gasteiger partial charge in [0.05, 0.1) is 19.3 Å². The third-order valence-corrected chi connectivity index (χ3v) is 3.59. The molecule has 0 saturated carbocycles. The van der Waals surface area contributed by atoms with Crippen molar-refractivity contribution in [2.45, 2.75) is 6.92 Å². The standard InChI is InChI=1S/C20H18O4/c1-3-23-17-9-7-15(8-10-17)19-13-16(20(21)24-19)11-14-5-4-6-18(12-14)22-2/h4-13H,3H2,1-2H3. The molecule has 2 aromatic carbocycles. The van der Waals surface area contributed by atoms with Crippen LogP contribution in [-0.4, -0.2) is 19.7 Å². The molecule has 0 atom stereocenters. The maximum atomic E-state index is 12.1. The van der Waals surface area contributed by atoms with Crippen molar-refractivity contribution >= 4 is 17.8 Å². The van der Waals surface area contributed by atoms with Crippen LogP contribution in [0.15, 0.2) is 60.2 Å². The summed E-state index contributed by atoms with van der Waals surface area (Å²) in [5.74, 6) is 1.71. The first kappa shape index (κ1) is 15.9. The monoisotopic (exact) mass is 322 g/mol. The number of carbonyl (C=O) groups excluding carboxylic acids is 1.